The number of hydrogen-bond acceptors (Lipinski definition) is 30. The Kier molecular flexibility index (Phi) is 30.7. The van der Waals surface area contributed by atoms with Crippen LogP contribution in [0, 0.1) is 11.3 Å². The molecule has 3 amide bonds. The fourth-order valence-electron chi connectivity index (χ4n) is 16.5. The summed E-state index contributed by atoms with van der Waals surface area (Å²) in [4.78, 5) is 77.6. The number of nitrogens with one attached hydrogen (secondary N) is 2. The number of likely N-dealkylation sites (N-methyl/N-ethyl adjacent to an activating group) is 1. The van der Waals surface area contributed by atoms with E-state index >= 15 is 0 Å². The van der Waals surface area contributed by atoms with E-state index in [0.29, 0.717) is 72.5 Å². The number of aliphatic hydroxyl groups excluding tert-OH is 1. The van der Waals surface area contributed by atoms with E-state index in [2.05, 4.69) is 122 Å². The molecule has 0 aliphatic carbocycles. The number of anilines is 2. The van der Waals surface area contributed by atoms with Crippen LogP contribution in [0.15, 0.2) is 142 Å². The van der Waals surface area contributed by atoms with Crippen molar-refractivity contribution in [1.29, 1.82) is 0 Å². The number of aliphatic imine (C=N–C) groups is 3. The zero-order valence-corrected chi connectivity index (χ0v) is 78.6. The maximum Gasteiger partial charge on any atom is 0.274 e. The first-order chi connectivity index (χ1) is 61.8. The molecule has 3 fully saturated rings. The van der Waals surface area contributed by atoms with Gasteiger partial charge in [0, 0.05) is 170 Å². The molecular weight excluding hydrogens is 1750 g/mol. The Morgan fingerprint density at radius 2 is 1.35 bits per heavy atom. The number of carbonyl (C=O) groups is 3. The number of nitrogens with two attached hydrogens (primary N) is 2. The van der Waals surface area contributed by atoms with Crippen molar-refractivity contribution in [3.8, 4) is 68.4 Å². The number of rotatable bonds is 23. The van der Waals surface area contributed by atoms with Crippen molar-refractivity contribution in [2.45, 2.75) is 159 Å². The Balaban J connectivity index is 0.000000139. The minimum atomic E-state index is -0.945. The molecule has 0 spiro atoms. The Labute approximate surface area is 769 Å². The minimum Gasteiger partial charge on any atom is -0.508 e. The number of nitrogens with zero attached hydrogens (tertiary/aromatic N) is 14. The molecule has 9 aromatic rings. The highest BCUT2D eigenvalue weighted by Crippen LogP contribution is 2.48. The monoisotopic (exact) mass is 1870 g/mol. The molecule has 35 heteroatoms. The number of aromatic nitrogens is 4. The molecule has 2 unspecified atom stereocenters. The zero-order valence-electron chi connectivity index (χ0n) is 75.3. The van der Waals surface area contributed by atoms with Crippen molar-refractivity contribution in [1.82, 2.24) is 59.7 Å². The summed E-state index contributed by atoms with van der Waals surface area (Å²) in [7, 11) is 6.19. The number of amides is 3. The number of hydrogen-bond donors (Lipinski definition) is 9. The van der Waals surface area contributed by atoms with Crippen LogP contribution in [0.25, 0.3) is 33.5 Å². The third-order valence-corrected chi connectivity index (χ3v) is 26.7. The summed E-state index contributed by atoms with van der Waals surface area (Å²) < 4.78 is 36.3. The summed E-state index contributed by atoms with van der Waals surface area (Å²) in [5.41, 5.74) is 23.5. The van der Waals surface area contributed by atoms with Crippen LogP contribution in [-0.4, -0.2) is 254 Å². The number of ether oxygens (including phenoxy) is 5. The molecule has 3 aromatic heterocycles. The van der Waals surface area contributed by atoms with E-state index in [4.69, 9.17) is 49.7 Å². The van der Waals surface area contributed by atoms with E-state index in [-0.39, 0.29) is 94.6 Å². The van der Waals surface area contributed by atoms with Crippen LogP contribution in [0.5, 0.6) is 46.0 Å². The predicted octanol–water partition coefficient (Wildman–Crippen LogP) is 12.9. The highest BCUT2D eigenvalue weighted by Gasteiger charge is 2.40. The lowest BCUT2D eigenvalue weighted by molar-refractivity contribution is -0.140. The number of likely N-dealkylation sites (tertiary alicyclic amines) is 1. The number of phenols is 4. The van der Waals surface area contributed by atoms with Gasteiger partial charge in [-0.05, 0) is 160 Å². The molecule has 0 bridgehead atoms. The number of amidine groups is 2. The van der Waals surface area contributed by atoms with Gasteiger partial charge in [0.15, 0.2) is 50.6 Å². The number of benzene rings is 6. The lowest BCUT2D eigenvalue weighted by Crippen LogP contribution is -2.45. The zero-order chi connectivity index (χ0) is 91.6. The van der Waals surface area contributed by atoms with Crippen LogP contribution in [0.3, 0.4) is 0 Å². The molecule has 6 aromatic carbocycles. The number of carbonyl (C=O) groups excluding carboxylic acids is 3. The van der Waals surface area contributed by atoms with Gasteiger partial charge in [-0.25, -0.2) is 20.0 Å². The van der Waals surface area contributed by atoms with Gasteiger partial charge in [0.05, 0.1) is 41.1 Å². The molecule has 8 aliphatic rings. The van der Waals surface area contributed by atoms with Crippen molar-refractivity contribution in [3.63, 3.8) is 0 Å². The molecule has 3 atom stereocenters. The standard InChI is InChI=1S/C26H31N3O5.C24H31N3O3.C22H27BrN6O4S.C22H30N6O2S/c1-4-27-26(32)24-23(18-7-5-17(6-8-18)15-29-9-11-33-12-10-29)25(34-28-24)20-13-19(16(2)3)21(30)14-22(20)31;1-16(2)20-11-21(23(29)12-22(20)28)24(30)27-14-18-5-4-17(10-19(18)15-27)13-26-8-6-25(3)7-9-26;1-12(30)21(31)28-5-2-13(3-6-28)4-7-29-20-18(19(24)25-10-26-20)27-22(29)34-17-9-16-15(8-14(17)23)32-11-33-16;1-22(2,3)12-24-8-9-28-14-6-7-25-20(23)19(14)26-21(28)31-18-11-17-16(29-13-30-17)10-15(18)27(4)5/h5-8,13-14,16,30-31H,4,9-12,15H2,1-3H3,(H,27,32);4-5,10-12,16,28-29H,6-9,13-15H2,1-3H3;8-10,12-13,18-19,30H,2-7,11,24H2,1H3;6-7,10-11,24H,8-9,12-13H2,1-5H3,(H2,23,25)/t;;12-,18?,19?;/m..0./s1. The summed E-state index contributed by atoms with van der Waals surface area (Å²) in [6, 6.07) is 29.9. The second-order valence-corrected chi connectivity index (χ2v) is 38.3. The quantitative estimate of drug-likeness (QED) is 0.0269. The van der Waals surface area contributed by atoms with Crippen molar-refractivity contribution in [3.05, 3.63) is 152 Å². The predicted molar refractivity (Wildman–Crippen MR) is 504 cm³/mol. The number of piperidine rings is 1. The van der Waals surface area contributed by atoms with E-state index in [9.17, 15) is 39.9 Å². The van der Waals surface area contributed by atoms with Crippen LogP contribution in [0.1, 0.15) is 148 Å². The minimum absolute atomic E-state index is 0.00808. The molecule has 11 N–H and O–H groups in total. The lowest BCUT2D eigenvalue weighted by atomic mass is 9.93. The molecule has 3 saturated heterocycles. The molecule has 17 rings (SSSR count). The summed E-state index contributed by atoms with van der Waals surface area (Å²) in [5, 5.41) is 62.9. The summed E-state index contributed by atoms with van der Waals surface area (Å²) >= 11 is 6.77. The summed E-state index contributed by atoms with van der Waals surface area (Å²) in [5.74, 6) is 4.02. The summed E-state index contributed by atoms with van der Waals surface area (Å²) in [6.07, 6.45) is 4.62. The first kappa shape index (κ1) is 94.4. The van der Waals surface area contributed by atoms with E-state index in [0.717, 1.165) is 192 Å². The first-order valence-electron chi connectivity index (χ1n) is 44.0. The van der Waals surface area contributed by atoms with Gasteiger partial charge in [0.2, 0.25) is 13.6 Å². The Bertz CT molecular complexity index is 5600. The number of pyridine rings is 1. The highest BCUT2D eigenvalue weighted by atomic mass is 79.9. The van der Waals surface area contributed by atoms with E-state index in [1.54, 1.807) is 39.9 Å². The Morgan fingerprint density at radius 3 is 2.02 bits per heavy atom. The Hall–Kier alpha value is -10.7. The van der Waals surface area contributed by atoms with Crippen molar-refractivity contribution >= 4 is 97.1 Å². The SMILES string of the molecule is CC(C)c1cc(C(=O)N2Cc3ccc(CN4CCN(C)CC4)cc3C2)c(O)cc1O.CCNC(=O)c1noc(-c2cc(C(C)C)c(O)cc2O)c1-c1ccc(CN2CCOCC2)cc1.CN(C)c1cc2c(cc1Sc1nc3c(N)nccc3n1CCNCC(C)(C)C)OCO2.C[C@H](O)C(=O)N1CCC(CCN2C(Sc3cc4c(cc3Br)OCO4)=NC3C2=NC=NC3N)CC1. The fraction of sp³-hybridized carbons (Fsp3) is 0.457. The largest absolute Gasteiger partial charge is 0.508 e. The molecule has 0 radical (unpaired) electrons. The van der Waals surface area contributed by atoms with Gasteiger partial charge >= 0.3 is 0 Å². The number of aromatic hydroxyl groups is 4. The Morgan fingerprint density at radius 1 is 0.713 bits per heavy atom. The number of aliphatic hydroxyl groups is 1. The van der Waals surface area contributed by atoms with Gasteiger partial charge in [-0.1, -0.05) is 108 Å². The van der Waals surface area contributed by atoms with Gasteiger partial charge in [-0.2, -0.15) is 0 Å². The number of fused-ring (bicyclic) bond motifs is 5. The van der Waals surface area contributed by atoms with Gasteiger partial charge in [-0.3, -0.25) is 29.2 Å². The molecule has 688 valence electrons. The summed E-state index contributed by atoms with van der Waals surface area (Å²) in [6.45, 7) is 33.9. The van der Waals surface area contributed by atoms with Crippen LogP contribution >= 0.6 is 39.5 Å². The van der Waals surface area contributed by atoms with Crippen LogP contribution < -0.4 is 45.9 Å². The van der Waals surface area contributed by atoms with Crippen molar-refractivity contribution in [2.24, 2.45) is 32.0 Å². The van der Waals surface area contributed by atoms with Gasteiger partial charge in [0.25, 0.3) is 17.7 Å². The van der Waals surface area contributed by atoms with Gasteiger partial charge < -0.3 is 105 Å². The van der Waals surface area contributed by atoms with E-state index in [1.165, 1.54) is 48.3 Å². The number of nitrogen functional groups attached to an aromatic ring is 1. The number of imidazole rings is 1. The molecule has 11 heterocycles. The second kappa shape index (κ2) is 42.0. The first-order valence-corrected chi connectivity index (χ1v) is 46.4. The number of morpholine rings is 1. The lowest BCUT2D eigenvalue weighted by Gasteiger charge is -2.34. The average Bonchev–Trinajstić information content (AvgIpc) is 1.67. The normalized spacial score (nSPS) is 17.6. The smallest absolute Gasteiger partial charge is 0.274 e. The van der Waals surface area contributed by atoms with Crippen LogP contribution in [-0.2, 0) is 42.3 Å². The number of piperazine rings is 1. The van der Waals surface area contributed by atoms with E-state index in [1.807, 2.05) is 103 Å². The van der Waals surface area contributed by atoms with Crippen molar-refractivity contribution in [2.75, 3.05) is 137 Å². The number of thioether (sulfide) groups is 1. The molecule has 0 saturated carbocycles. The molecule has 8 aliphatic heterocycles. The third-order valence-electron chi connectivity index (χ3n) is 23.7. The number of phenolic OH excluding ortho intramolecular Hbond substituents is 4. The topological polar surface area (TPSA) is 391 Å². The van der Waals surface area contributed by atoms with Gasteiger partial charge in [0.1, 0.15) is 59.0 Å². The maximum atomic E-state index is 13.1. The maximum absolute atomic E-state index is 13.1. The molecule has 32 nitrogen and oxygen atoms in total. The third kappa shape index (κ3) is 22.8. The van der Waals surface area contributed by atoms with E-state index < -0.39 is 12.3 Å². The van der Waals surface area contributed by atoms with Crippen LogP contribution in [0.2, 0.25) is 0 Å². The molecular formula is C94H119BrN18O14S2. The van der Waals surface area contributed by atoms with Crippen LogP contribution in [0.4, 0.5) is 11.5 Å². The second-order valence-electron chi connectivity index (χ2n) is 35.4. The fourth-order valence-corrected chi connectivity index (χ4v) is 19.2. The van der Waals surface area contributed by atoms with Gasteiger partial charge in [-0.15, -0.1) is 0 Å². The number of halogens is 1. The van der Waals surface area contributed by atoms with Crippen molar-refractivity contribution < 1.29 is 68.1 Å². The average molecular weight is 1870 g/mol. The molecule has 129 heavy (non-hydrogen) atoms. The highest BCUT2D eigenvalue weighted by molar-refractivity contribution is 9.10.